The van der Waals surface area contributed by atoms with E-state index in [0.717, 1.165) is 21.8 Å². The number of hydrogen-bond acceptors (Lipinski definition) is 8. The lowest BCUT2D eigenvalue weighted by Gasteiger charge is -2.35. The number of thiazole rings is 1. The number of benzene rings is 1. The second kappa shape index (κ2) is 7.84. The highest BCUT2D eigenvalue weighted by molar-refractivity contribution is 7.14. The molecule has 0 spiro atoms. The average molecular weight is 469 g/mol. The lowest BCUT2D eigenvalue weighted by molar-refractivity contribution is -0.134. The summed E-state index contributed by atoms with van der Waals surface area (Å²) < 4.78 is 4.71. The fraction of sp³-hybridized carbons (Fsp3) is 0.190. The molecule has 2 aromatic heterocycles. The van der Waals surface area contributed by atoms with Crippen molar-refractivity contribution in [2.45, 2.75) is 18.5 Å². The standard InChI is InChI=1S/C21H16N4O5S2/c1-30-19(28)12-10-32-21(22-12)25-13-6-3-2-5-11(13)9-14(17(25)26)24-18(27)16(23-20(24)29)15-7-4-8-31-15/h2-8,10,14,16H,9H2,1H3,(H,23,29)/t14-,16?/m0/s1. The van der Waals surface area contributed by atoms with E-state index in [1.807, 2.05) is 17.5 Å². The number of urea groups is 1. The molecule has 11 heteroatoms. The molecule has 0 radical (unpaired) electrons. The Labute approximate surface area is 190 Å². The van der Waals surface area contributed by atoms with Crippen molar-refractivity contribution < 1.29 is 23.9 Å². The van der Waals surface area contributed by atoms with Gasteiger partial charge in [0.25, 0.3) is 11.8 Å². The summed E-state index contributed by atoms with van der Waals surface area (Å²) in [6.07, 6.45) is 0.192. The van der Waals surface area contributed by atoms with Gasteiger partial charge in [0.15, 0.2) is 10.8 Å². The highest BCUT2D eigenvalue weighted by Crippen LogP contribution is 2.38. The number of carbonyl (C=O) groups is 4. The number of anilines is 2. The number of carbonyl (C=O) groups excluding carboxylic acids is 4. The molecule has 0 bridgehead atoms. The SMILES string of the molecule is COC(=O)c1csc(N2C(=O)[C@@H](N3C(=O)NC(c4cccs4)C3=O)Cc3ccccc32)n1. The predicted molar refractivity (Wildman–Crippen MR) is 117 cm³/mol. The minimum atomic E-state index is -1.03. The van der Waals surface area contributed by atoms with E-state index in [1.165, 1.54) is 28.7 Å². The largest absolute Gasteiger partial charge is 0.464 e. The zero-order valence-electron chi connectivity index (χ0n) is 16.7. The number of aromatic nitrogens is 1. The van der Waals surface area contributed by atoms with Gasteiger partial charge in [0.05, 0.1) is 12.8 Å². The molecule has 2 aliphatic rings. The van der Waals surface area contributed by atoms with E-state index in [1.54, 1.807) is 24.3 Å². The Morgan fingerprint density at radius 3 is 2.69 bits per heavy atom. The summed E-state index contributed by atoms with van der Waals surface area (Å²) in [6.45, 7) is 0. The predicted octanol–water partition coefficient (Wildman–Crippen LogP) is 2.87. The first-order valence-electron chi connectivity index (χ1n) is 9.62. The molecule has 2 atom stereocenters. The molecular formula is C21H16N4O5S2. The number of esters is 1. The Bertz CT molecular complexity index is 1240. The van der Waals surface area contributed by atoms with Gasteiger partial charge in [0.2, 0.25) is 0 Å². The Balaban J connectivity index is 1.53. The van der Waals surface area contributed by atoms with Crippen LogP contribution in [0.15, 0.2) is 47.2 Å². The molecule has 162 valence electrons. The van der Waals surface area contributed by atoms with E-state index in [-0.39, 0.29) is 17.2 Å². The first-order chi connectivity index (χ1) is 15.5. The first-order valence-corrected chi connectivity index (χ1v) is 11.4. The summed E-state index contributed by atoms with van der Waals surface area (Å²) in [5.41, 5.74) is 1.46. The molecular weight excluding hydrogens is 452 g/mol. The van der Waals surface area contributed by atoms with Gasteiger partial charge in [-0.25, -0.2) is 19.5 Å². The van der Waals surface area contributed by atoms with Crippen LogP contribution < -0.4 is 10.2 Å². The van der Waals surface area contributed by atoms with Gasteiger partial charge in [0, 0.05) is 16.7 Å². The Hall–Kier alpha value is -3.57. The van der Waals surface area contributed by atoms with Crippen molar-refractivity contribution in [2.24, 2.45) is 0 Å². The Kier molecular flexibility index (Phi) is 4.98. The van der Waals surface area contributed by atoms with Crippen LogP contribution in [-0.4, -0.2) is 46.9 Å². The van der Waals surface area contributed by atoms with E-state index >= 15 is 0 Å². The van der Waals surface area contributed by atoms with Gasteiger partial charge in [-0.05, 0) is 23.1 Å². The topological polar surface area (TPSA) is 109 Å². The highest BCUT2D eigenvalue weighted by atomic mass is 32.1. The number of nitrogens with zero attached hydrogens (tertiary/aromatic N) is 3. The summed E-state index contributed by atoms with van der Waals surface area (Å²) in [5.74, 6) is -1.55. The first kappa shape index (κ1) is 20.3. The summed E-state index contributed by atoms with van der Waals surface area (Å²) in [7, 11) is 1.25. The summed E-state index contributed by atoms with van der Waals surface area (Å²) in [6, 6.07) is 8.33. The quantitative estimate of drug-likeness (QED) is 0.466. The van der Waals surface area contributed by atoms with Crippen molar-refractivity contribution in [1.29, 1.82) is 0 Å². The lowest BCUT2D eigenvalue weighted by atomic mass is 9.96. The molecule has 0 aliphatic carbocycles. The maximum Gasteiger partial charge on any atom is 0.357 e. The zero-order valence-corrected chi connectivity index (χ0v) is 18.3. The Morgan fingerprint density at radius 2 is 1.94 bits per heavy atom. The smallest absolute Gasteiger partial charge is 0.357 e. The Morgan fingerprint density at radius 1 is 1.12 bits per heavy atom. The molecule has 1 saturated heterocycles. The highest BCUT2D eigenvalue weighted by Gasteiger charge is 2.49. The molecule has 1 unspecified atom stereocenters. The van der Waals surface area contributed by atoms with Crippen molar-refractivity contribution in [3.8, 4) is 0 Å². The molecule has 1 fully saturated rings. The van der Waals surface area contributed by atoms with Crippen LogP contribution in [0.3, 0.4) is 0 Å². The van der Waals surface area contributed by atoms with Gasteiger partial charge in [-0.3, -0.25) is 14.5 Å². The van der Waals surface area contributed by atoms with Crippen LogP contribution in [0, 0.1) is 0 Å². The molecule has 1 N–H and O–H groups in total. The molecule has 5 rings (SSSR count). The van der Waals surface area contributed by atoms with Crippen molar-refractivity contribution in [1.82, 2.24) is 15.2 Å². The number of thiophene rings is 1. The third-order valence-corrected chi connectivity index (χ3v) is 7.10. The van der Waals surface area contributed by atoms with Crippen LogP contribution in [0.4, 0.5) is 15.6 Å². The molecule has 9 nitrogen and oxygen atoms in total. The van der Waals surface area contributed by atoms with E-state index in [0.29, 0.717) is 10.6 Å². The zero-order chi connectivity index (χ0) is 22.4. The monoisotopic (exact) mass is 468 g/mol. The molecule has 0 saturated carbocycles. The van der Waals surface area contributed by atoms with Crippen LogP contribution in [-0.2, 0) is 20.7 Å². The fourth-order valence-electron chi connectivity index (χ4n) is 3.87. The van der Waals surface area contributed by atoms with Gasteiger partial charge >= 0.3 is 12.0 Å². The van der Waals surface area contributed by atoms with Crippen LogP contribution in [0.5, 0.6) is 0 Å². The van der Waals surface area contributed by atoms with Crippen molar-refractivity contribution >= 4 is 57.3 Å². The molecule has 4 heterocycles. The van der Waals surface area contributed by atoms with E-state index in [2.05, 4.69) is 10.3 Å². The minimum absolute atomic E-state index is 0.0765. The van der Waals surface area contributed by atoms with Crippen LogP contribution in [0.25, 0.3) is 0 Å². The number of fused-ring (bicyclic) bond motifs is 1. The maximum absolute atomic E-state index is 13.6. The van der Waals surface area contributed by atoms with E-state index in [9.17, 15) is 19.2 Å². The molecule has 3 aromatic rings. The van der Waals surface area contributed by atoms with Crippen molar-refractivity contribution in [2.75, 3.05) is 12.0 Å². The number of para-hydroxylation sites is 1. The van der Waals surface area contributed by atoms with Crippen molar-refractivity contribution in [3.05, 3.63) is 63.3 Å². The number of amides is 4. The maximum atomic E-state index is 13.6. The second-order valence-electron chi connectivity index (χ2n) is 7.14. The number of nitrogens with one attached hydrogen (secondary N) is 1. The van der Waals surface area contributed by atoms with Crippen LogP contribution in [0.1, 0.15) is 27.0 Å². The second-order valence-corrected chi connectivity index (χ2v) is 8.95. The number of ether oxygens (including phenoxy) is 1. The molecule has 2 aliphatic heterocycles. The number of methoxy groups -OCH3 is 1. The number of rotatable bonds is 4. The van der Waals surface area contributed by atoms with Gasteiger partial charge in [0.1, 0.15) is 12.1 Å². The number of hydrogen-bond donors (Lipinski definition) is 1. The third kappa shape index (κ3) is 3.17. The molecule has 32 heavy (non-hydrogen) atoms. The summed E-state index contributed by atoms with van der Waals surface area (Å²) in [4.78, 5) is 58.7. The molecule has 4 amide bonds. The average Bonchev–Trinajstić information content (AvgIpc) is 3.54. The van der Waals surface area contributed by atoms with Gasteiger partial charge in [-0.2, -0.15) is 0 Å². The van der Waals surface area contributed by atoms with Gasteiger partial charge in [-0.1, -0.05) is 24.3 Å². The number of imide groups is 1. The van der Waals surface area contributed by atoms with Crippen LogP contribution >= 0.6 is 22.7 Å². The molecule has 1 aromatic carbocycles. The van der Waals surface area contributed by atoms with E-state index in [4.69, 9.17) is 4.74 Å². The lowest BCUT2D eigenvalue weighted by Crippen LogP contribution is -2.53. The fourth-order valence-corrected chi connectivity index (χ4v) is 5.44. The van der Waals surface area contributed by atoms with Crippen molar-refractivity contribution in [3.63, 3.8) is 0 Å². The van der Waals surface area contributed by atoms with Crippen LogP contribution in [0.2, 0.25) is 0 Å². The summed E-state index contributed by atoms with van der Waals surface area (Å²) in [5, 5.41) is 6.26. The third-order valence-electron chi connectivity index (χ3n) is 5.34. The normalized spacial score (nSPS) is 20.3. The minimum Gasteiger partial charge on any atom is -0.464 e. The van der Waals surface area contributed by atoms with Gasteiger partial charge in [-0.15, -0.1) is 22.7 Å². The summed E-state index contributed by atoms with van der Waals surface area (Å²) >= 11 is 2.46. The van der Waals surface area contributed by atoms with E-state index < -0.39 is 35.9 Å². The van der Waals surface area contributed by atoms with Gasteiger partial charge < -0.3 is 10.1 Å².